The predicted octanol–water partition coefficient (Wildman–Crippen LogP) is 15.5. The van der Waals surface area contributed by atoms with E-state index in [2.05, 4.69) is 181 Å². The van der Waals surface area contributed by atoms with Gasteiger partial charge in [-0.05, 0) is 173 Å². The number of rotatable bonds is 4. The average molecular weight is 908 g/mol. The number of hydrogen-bond donors (Lipinski definition) is 0. The second kappa shape index (κ2) is 15.1. The molecule has 10 unspecified atom stereocenters. The average Bonchev–Trinajstić information content (AvgIpc) is 4.20. The highest BCUT2D eigenvalue weighted by atomic mass is 16.5. The summed E-state index contributed by atoms with van der Waals surface area (Å²) in [6.07, 6.45) is 49.2. The van der Waals surface area contributed by atoms with Gasteiger partial charge in [-0.25, -0.2) is 0 Å². The Kier molecular flexibility index (Phi) is 8.76. The van der Waals surface area contributed by atoms with Crippen LogP contribution in [0.3, 0.4) is 0 Å². The predicted molar refractivity (Wildman–Crippen MR) is 285 cm³/mol. The molecule has 4 aromatic rings. The van der Waals surface area contributed by atoms with Crippen LogP contribution in [0.15, 0.2) is 204 Å². The summed E-state index contributed by atoms with van der Waals surface area (Å²) >= 11 is 0. The van der Waals surface area contributed by atoms with Gasteiger partial charge in [0.2, 0.25) is 0 Å². The van der Waals surface area contributed by atoms with E-state index in [4.69, 9.17) is 4.74 Å². The highest BCUT2D eigenvalue weighted by Gasteiger charge is 2.64. The van der Waals surface area contributed by atoms with Crippen molar-refractivity contribution < 1.29 is 4.74 Å². The third-order valence-corrected chi connectivity index (χ3v) is 19.9. The second-order valence-electron chi connectivity index (χ2n) is 22.6. The van der Waals surface area contributed by atoms with Gasteiger partial charge < -0.3 is 4.74 Å². The van der Waals surface area contributed by atoms with E-state index in [0.717, 1.165) is 50.7 Å². The van der Waals surface area contributed by atoms with E-state index < -0.39 is 0 Å². The fourth-order valence-electron chi connectivity index (χ4n) is 17.6. The smallest absolute Gasteiger partial charge is 0.125 e. The zero-order chi connectivity index (χ0) is 45.7. The van der Waals surface area contributed by atoms with Gasteiger partial charge >= 0.3 is 0 Å². The summed E-state index contributed by atoms with van der Waals surface area (Å²) in [5.74, 6) is 2.31. The molecule has 2 heteroatoms. The fourth-order valence-corrected chi connectivity index (χ4v) is 17.6. The molecule has 0 N–H and O–H groups in total. The third kappa shape index (κ3) is 5.19. The molecule has 2 nitrogen and oxygen atoms in total. The van der Waals surface area contributed by atoms with Crippen LogP contribution < -0.4 is 4.74 Å². The summed E-state index contributed by atoms with van der Waals surface area (Å²) in [6.45, 7) is 0. The largest absolute Gasteiger partial charge is 0.485 e. The second-order valence-corrected chi connectivity index (χ2v) is 22.6. The first kappa shape index (κ1) is 40.5. The van der Waals surface area contributed by atoms with Crippen LogP contribution in [0.1, 0.15) is 133 Å². The van der Waals surface area contributed by atoms with Crippen LogP contribution in [0.5, 0.6) is 5.75 Å². The molecule has 1 heterocycles. The van der Waals surface area contributed by atoms with Gasteiger partial charge in [-0.1, -0.05) is 163 Å². The molecular formula is C68H61NO. The van der Waals surface area contributed by atoms with E-state index in [9.17, 15) is 0 Å². The first-order valence-corrected chi connectivity index (χ1v) is 27.3. The summed E-state index contributed by atoms with van der Waals surface area (Å²) in [7, 11) is 0. The number of allylic oxidation sites excluding steroid dienone is 17. The number of benzene rings is 4. The van der Waals surface area contributed by atoms with Crippen LogP contribution >= 0.6 is 0 Å². The molecule has 0 fully saturated rings. The number of para-hydroxylation sites is 1. The van der Waals surface area contributed by atoms with Crippen molar-refractivity contribution in [2.45, 2.75) is 124 Å². The molecular weight excluding hydrogens is 847 g/mol. The SMILES string of the molecule is C1=CC2c3ccccc3C3(C4=C(C=CC(N(C5CC=CC6Oc7ccccc7C65)C5CCC=C6c7ccccc7C7(C8=C(CCC=C8)C8=C7CCCC8)C65)C4)c4ccc(C5=CCCC=C5)cc43)C2C=C1. The highest BCUT2D eigenvalue weighted by Crippen LogP contribution is 2.70. The summed E-state index contributed by atoms with van der Waals surface area (Å²) in [5, 5.41) is 0. The van der Waals surface area contributed by atoms with Gasteiger partial charge in [-0.15, -0.1) is 0 Å². The van der Waals surface area contributed by atoms with Crippen LogP contribution in [-0.2, 0) is 10.8 Å². The minimum absolute atomic E-state index is 0.0364. The molecule has 11 aliphatic carbocycles. The Labute approximate surface area is 414 Å². The molecule has 2 spiro atoms. The van der Waals surface area contributed by atoms with Crippen molar-refractivity contribution in [1.82, 2.24) is 4.90 Å². The topological polar surface area (TPSA) is 12.5 Å². The molecule has 0 amide bonds. The minimum atomic E-state index is -0.267. The summed E-state index contributed by atoms with van der Waals surface area (Å²) in [5.41, 5.74) is 24.5. The lowest BCUT2D eigenvalue weighted by molar-refractivity contribution is 0.0299. The first-order chi connectivity index (χ1) is 34.7. The first-order valence-electron chi connectivity index (χ1n) is 27.3. The molecule has 0 aromatic heterocycles. The van der Waals surface area contributed by atoms with Crippen molar-refractivity contribution in [3.05, 3.63) is 248 Å². The standard InChI is InChI=1S/C68H61NO/c1-2-18-42(19-3-1)43-36-38-50-51-39-37-44(41-60(51)67(59(50)40-43)54-27-10-4-20-45(54)46-21-5-11-28-55(46)67)69(61-32-17-35-64-65(61)53-25-9-15-34-63(53)70-64)62-33-16-26-52-49-24-8-14-31-58(49)68(66(52)62)56-29-12-6-22-47(56)48-23-7-13-30-57(48)68/h2,4-5,8-12,14-15,17-21,24-29,31,34-40,44-45,54,61-62,64-66H,1,3,6-7,13,16,22-23,30,32-33,41H2. The van der Waals surface area contributed by atoms with Crippen molar-refractivity contribution in [3.63, 3.8) is 0 Å². The van der Waals surface area contributed by atoms with E-state index in [1.165, 1.54) is 82.2 Å². The van der Waals surface area contributed by atoms with E-state index in [1.54, 1.807) is 39.0 Å². The Morgan fingerprint density at radius 1 is 0.600 bits per heavy atom. The molecule has 0 saturated heterocycles. The van der Waals surface area contributed by atoms with Crippen molar-refractivity contribution in [3.8, 4) is 5.75 Å². The molecule has 4 aromatic carbocycles. The normalized spacial score (nSPS) is 33.9. The molecule has 12 aliphatic rings. The van der Waals surface area contributed by atoms with E-state index in [-0.39, 0.29) is 34.9 Å². The van der Waals surface area contributed by atoms with E-state index in [1.807, 2.05) is 0 Å². The van der Waals surface area contributed by atoms with Crippen molar-refractivity contribution in [2.75, 3.05) is 0 Å². The van der Waals surface area contributed by atoms with Crippen LogP contribution in [0, 0.1) is 11.8 Å². The maximum atomic E-state index is 6.99. The quantitative estimate of drug-likeness (QED) is 0.189. The lowest BCUT2D eigenvalue weighted by Gasteiger charge is -2.54. The van der Waals surface area contributed by atoms with Gasteiger partial charge in [0, 0.05) is 47.4 Å². The Morgan fingerprint density at radius 3 is 2.40 bits per heavy atom. The molecule has 0 radical (unpaired) electrons. The maximum absolute atomic E-state index is 6.99. The number of ether oxygens (including phenoxy) is 1. The van der Waals surface area contributed by atoms with Gasteiger partial charge in [-0.3, -0.25) is 4.90 Å². The summed E-state index contributed by atoms with van der Waals surface area (Å²) in [4.78, 5) is 3.21. The number of hydrogen-bond acceptors (Lipinski definition) is 2. The maximum Gasteiger partial charge on any atom is 0.125 e. The van der Waals surface area contributed by atoms with Gasteiger partial charge in [0.05, 0.1) is 10.8 Å². The van der Waals surface area contributed by atoms with Gasteiger partial charge in [0.25, 0.3) is 0 Å². The van der Waals surface area contributed by atoms with Crippen LogP contribution in [0.2, 0.25) is 0 Å². The Bertz CT molecular complexity index is 3330. The van der Waals surface area contributed by atoms with Crippen LogP contribution in [0.4, 0.5) is 0 Å². The fraction of sp³-hybridized carbons (Fsp3) is 0.324. The zero-order valence-electron chi connectivity index (χ0n) is 40.2. The van der Waals surface area contributed by atoms with Gasteiger partial charge in [0.15, 0.2) is 0 Å². The lowest BCUT2D eigenvalue weighted by Crippen LogP contribution is -2.59. The zero-order valence-corrected chi connectivity index (χ0v) is 40.2. The summed E-state index contributed by atoms with van der Waals surface area (Å²) < 4.78 is 6.99. The Hall–Kier alpha value is -6.22. The highest BCUT2D eigenvalue weighted by molar-refractivity contribution is 5.92. The monoisotopic (exact) mass is 907 g/mol. The van der Waals surface area contributed by atoms with Crippen LogP contribution in [0.25, 0.3) is 16.7 Å². The summed E-state index contributed by atoms with van der Waals surface area (Å²) in [6, 6.07) is 36.8. The molecule has 344 valence electrons. The van der Waals surface area contributed by atoms with E-state index in [0.29, 0.717) is 23.8 Å². The van der Waals surface area contributed by atoms with Crippen LogP contribution in [-0.4, -0.2) is 29.1 Å². The molecule has 1 aliphatic heterocycles. The van der Waals surface area contributed by atoms with E-state index >= 15 is 0 Å². The molecule has 0 saturated carbocycles. The van der Waals surface area contributed by atoms with Crippen molar-refractivity contribution in [1.29, 1.82) is 0 Å². The van der Waals surface area contributed by atoms with Gasteiger partial charge in [-0.2, -0.15) is 0 Å². The Balaban J connectivity index is 0.912. The Morgan fingerprint density at radius 2 is 1.46 bits per heavy atom. The molecule has 16 rings (SSSR count). The van der Waals surface area contributed by atoms with Crippen molar-refractivity contribution >= 4 is 16.7 Å². The molecule has 0 bridgehead atoms. The molecule has 70 heavy (non-hydrogen) atoms. The van der Waals surface area contributed by atoms with Gasteiger partial charge in [0.1, 0.15) is 11.9 Å². The number of fused-ring (bicyclic) bond motifs is 20. The van der Waals surface area contributed by atoms with Crippen molar-refractivity contribution in [2.24, 2.45) is 11.8 Å². The third-order valence-electron chi connectivity index (χ3n) is 19.9. The minimum Gasteiger partial charge on any atom is -0.485 e. The molecule has 10 atom stereocenters. The number of nitrogens with zero attached hydrogens (tertiary/aromatic N) is 1. The lowest BCUT2D eigenvalue weighted by atomic mass is 9.59.